The average molecular weight is 425 g/mol. The molecule has 1 aromatic heterocycles. The van der Waals surface area contributed by atoms with E-state index in [9.17, 15) is 4.79 Å². The largest absolute Gasteiger partial charge is 0.297 e. The highest BCUT2D eigenvalue weighted by atomic mass is 32.2. The minimum atomic E-state index is -0.242. The van der Waals surface area contributed by atoms with E-state index in [0.717, 1.165) is 21.2 Å². The number of amides is 1. The molecule has 0 saturated heterocycles. The molecule has 0 unspecified atom stereocenters. The molecule has 28 heavy (non-hydrogen) atoms. The highest BCUT2D eigenvalue weighted by molar-refractivity contribution is 8.00. The lowest BCUT2D eigenvalue weighted by Gasteiger charge is -1.98. The molecule has 3 rings (SSSR count). The van der Waals surface area contributed by atoms with Crippen LogP contribution in [-0.4, -0.2) is 22.4 Å². The van der Waals surface area contributed by atoms with Crippen LogP contribution in [0.15, 0.2) is 63.8 Å². The molecule has 140 valence electrons. The van der Waals surface area contributed by atoms with Gasteiger partial charge in [-0.2, -0.15) is 5.26 Å². The summed E-state index contributed by atoms with van der Waals surface area (Å²) in [6, 6.07) is 17.5. The van der Waals surface area contributed by atoms with Gasteiger partial charge in [0.1, 0.15) is 0 Å². The van der Waals surface area contributed by atoms with Gasteiger partial charge in [-0.05, 0) is 47.7 Å². The lowest BCUT2D eigenvalue weighted by atomic mass is 10.2. The fourth-order valence-corrected chi connectivity index (χ4v) is 4.29. The van der Waals surface area contributed by atoms with E-state index in [2.05, 4.69) is 21.6 Å². The van der Waals surface area contributed by atoms with Gasteiger partial charge < -0.3 is 0 Å². The van der Waals surface area contributed by atoms with Crippen LogP contribution in [0.1, 0.15) is 16.7 Å². The Morgan fingerprint density at radius 3 is 2.61 bits per heavy atom. The SMILES string of the molecule is CSc1ccc(/C=C/C(=O)Nc2nnc(SCc3ccc(C#N)cc3)s2)cc1. The maximum atomic E-state index is 12.1. The second-order valence-electron chi connectivity index (χ2n) is 5.57. The van der Waals surface area contributed by atoms with Crippen molar-refractivity contribution in [3.8, 4) is 6.07 Å². The number of carbonyl (C=O) groups is 1. The molecule has 2 aromatic carbocycles. The lowest BCUT2D eigenvalue weighted by molar-refractivity contribution is -0.111. The molecule has 1 heterocycles. The number of rotatable bonds is 7. The summed E-state index contributed by atoms with van der Waals surface area (Å²) in [5, 5.41) is 20.1. The van der Waals surface area contributed by atoms with Crippen molar-refractivity contribution in [2.45, 2.75) is 15.0 Å². The Morgan fingerprint density at radius 2 is 1.93 bits per heavy atom. The van der Waals surface area contributed by atoms with Crippen LogP contribution in [-0.2, 0) is 10.5 Å². The van der Waals surface area contributed by atoms with Gasteiger partial charge in [0.15, 0.2) is 4.34 Å². The molecule has 0 aliphatic carbocycles. The smallest absolute Gasteiger partial charge is 0.250 e. The number of nitrogens with zero attached hydrogens (tertiary/aromatic N) is 3. The van der Waals surface area contributed by atoms with Crippen LogP contribution >= 0.6 is 34.9 Å². The summed E-state index contributed by atoms with van der Waals surface area (Å²) in [5.74, 6) is 0.481. The van der Waals surface area contributed by atoms with E-state index in [-0.39, 0.29) is 5.91 Å². The zero-order valence-electron chi connectivity index (χ0n) is 15.0. The number of benzene rings is 2. The number of hydrogen-bond acceptors (Lipinski definition) is 7. The normalized spacial score (nSPS) is 10.7. The molecule has 0 saturated carbocycles. The van der Waals surface area contributed by atoms with Crippen molar-refractivity contribution in [1.82, 2.24) is 10.2 Å². The van der Waals surface area contributed by atoms with Crippen molar-refractivity contribution < 1.29 is 4.79 Å². The van der Waals surface area contributed by atoms with Crippen molar-refractivity contribution in [1.29, 1.82) is 5.26 Å². The summed E-state index contributed by atoms with van der Waals surface area (Å²) in [4.78, 5) is 13.2. The van der Waals surface area contributed by atoms with Gasteiger partial charge in [0.2, 0.25) is 11.0 Å². The summed E-state index contributed by atoms with van der Waals surface area (Å²) >= 11 is 4.55. The fourth-order valence-electron chi connectivity index (χ4n) is 2.17. The Labute approximate surface area is 175 Å². The molecule has 5 nitrogen and oxygen atoms in total. The van der Waals surface area contributed by atoms with E-state index in [1.807, 2.05) is 42.7 Å². The Bertz CT molecular complexity index is 1010. The van der Waals surface area contributed by atoms with Crippen molar-refractivity contribution in [3.63, 3.8) is 0 Å². The first-order valence-corrected chi connectivity index (χ1v) is 11.3. The van der Waals surface area contributed by atoms with Crippen molar-refractivity contribution in [3.05, 3.63) is 71.3 Å². The molecule has 0 fully saturated rings. The van der Waals surface area contributed by atoms with E-state index < -0.39 is 0 Å². The molecule has 0 radical (unpaired) electrons. The first-order chi connectivity index (χ1) is 13.7. The fraction of sp³-hybridized carbons (Fsp3) is 0.100. The number of nitriles is 1. The molecule has 3 aromatic rings. The maximum absolute atomic E-state index is 12.1. The molecule has 1 amide bonds. The van der Waals surface area contributed by atoms with Gasteiger partial charge in [0.25, 0.3) is 0 Å². The second kappa shape index (κ2) is 10.1. The molecule has 0 atom stereocenters. The molecule has 0 aliphatic heterocycles. The third-order valence-electron chi connectivity index (χ3n) is 3.62. The van der Waals surface area contributed by atoms with Gasteiger partial charge in [0, 0.05) is 16.7 Å². The Kier molecular flexibility index (Phi) is 7.25. The topological polar surface area (TPSA) is 78.7 Å². The number of hydrogen-bond donors (Lipinski definition) is 1. The van der Waals surface area contributed by atoms with Crippen LogP contribution in [0.5, 0.6) is 0 Å². The summed E-state index contributed by atoms with van der Waals surface area (Å²) in [7, 11) is 0. The molecule has 0 spiro atoms. The third kappa shape index (κ3) is 5.96. The maximum Gasteiger partial charge on any atom is 0.250 e. The van der Waals surface area contributed by atoms with E-state index in [1.165, 1.54) is 34.1 Å². The van der Waals surface area contributed by atoms with Crippen molar-refractivity contribution in [2.75, 3.05) is 11.6 Å². The van der Waals surface area contributed by atoms with Crippen LogP contribution in [0, 0.1) is 11.3 Å². The number of anilines is 1. The van der Waals surface area contributed by atoms with Crippen LogP contribution in [0.4, 0.5) is 5.13 Å². The van der Waals surface area contributed by atoms with Crippen molar-refractivity contribution >= 4 is 52.0 Å². The van der Waals surface area contributed by atoms with Crippen LogP contribution < -0.4 is 5.32 Å². The number of thioether (sulfide) groups is 2. The summed E-state index contributed by atoms with van der Waals surface area (Å²) in [6.45, 7) is 0. The summed E-state index contributed by atoms with van der Waals surface area (Å²) in [6.07, 6.45) is 5.28. The predicted molar refractivity (Wildman–Crippen MR) is 117 cm³/mol. The average Bonchev–Trinajstić information content (AvgIpc) is 3.18. The number of nitrogens with one attached hydrogen (secondary N) is 1. The summed E-state index contributed by atoms with van der Waals surface area (Å²) in [5.41, 5.74) is 2.70. The van der Waals surface area contributed by atoms with Gasteiger partial charge in [-0.1, -0.05) is 47.4 Å². The molecule has 1 N–H and O–H groups in total. The third-order valence-corrected chi connectivity index (χ3v) is 6.41. The molecular weight excluding hydrogens is 408 g/mol. The minimum Gasteiger partial charge on any atom is -0.297 e. The van der Waals surface area contributed by atoms with Gasteiger partial charge >= 0.3 is 0 Å². The Morgan fingerprint density at radius 1 is 1.18 bits per heavy atom. The second-order valence-corrected chi connectivity index (χ2v) is 8.65. The first-order valence-electron chi connectivity index (χ1n) is 8.25. The Hall–Kier alpha value is -2.60. The van der Waals surface area contributed by atoms with Gasteiger partial charge in [0.05, 0.1) is 11.6 Å². The van der Waals surface area contributed by atoms with Crippen LogP contribution in [0.3, 0.4) is 0 Å². The number of carbonyl (C=O) groups excluding carboxylic acids is 1. The summed E-state index contributed by atoms with van der Waals surface area (Å²) < 4.78 is 0.774. The molecular formula is C20H16N4OS3. The predicted octanol–water partition coefficient (Wildman–Crippen LogP) is 5.08. The van der Waals surface area contributed by atoms with Gasteiger partial charge in [-0.3, -0.25) is 10.1 Å². The van der Waals surface area contributed by atoms with E-state index in [1.54, 1.807) is 30.0 Å². The van der Waals surface area contributed by atoms with Crippen LogP contribution in [0.2, 0.25) is 0 Å². The van der Waals surface area contributed by atoms with Gasteiger partial charge in [-0.25, -0.2) is 0 Å². The highest BCUT2D eigenvalue weighted by Gasteiger charge is 2.07. The Balaban J connectivity index is 1.50. The monoisotopic (exact) mass is 424 g/mol. The lowest BCUT2D eigenvalue weighted by Crippen LogP contribution is -2.07. The zero-order chi connectivity index (χ0) is 19.8. The van der Waals surface area contributed by atoms with Crippen LogP contribution in [0.25, 0.3) is 6.08 Å². The minimum absolute atomic E-state index is 0.242. The van der Waals surface area contributed by atoms with Gasteiger partial charge in [-0.15, -0.1) is 22.0 Å². The first kappa shape index (κ1) is 20.1. The van der Waals surface area contributed by atoms with E-state index in [0.29, 0.717) is 10.7 Å². The standard InChI is InChI=1S/C20H16N4OS3/c1-26-17-9-6-14(7-10-17)8-11-18(25)22-19-23-24-20(28-19)27-13-16-4-2-15(12-21)3-5-16/h2-11H,13H2,1H3,(H,22,23,25)/b11-8+. The highest BCUT2D eigenvalue weighted by Crippen LogP contribution is 2.28. The van der Waals surface area contributed by atoms with E-state index in [4.69, 9.17) is 5.26 Å². The van der Waals surface area contributed by atoms with Crippen molar-refractivity contribution in [2.24, 2.45) is 0 Å². The molecule has 0 aliphatic rings. The number of aromatic nitrogens is 2. The zero-order valence-corrected chi connectivity index (χ0v) is 17.4. The molecule has 0 bridgehead atoms. The van der Waals surface area contributed by atoms with E-state index >= 15 is 0 Å². The molecule has 8 heteroatoms. The quantitative estimate of drug-likeness (QED) is 0.324.